The molecule has 1 heterocycles. The Bertz CT molecular complexity index is 645. The molecular formula is C17H16ClF2NO. The minimum Gasteiger partial charge on any atom is -0.484 e. The first-order valence-corrected chi connectivity index (χ1v) is 7.60. The van der Waals surface area contributed by atoms with Crippen LogP contribution in [0.5, 0.6) is 5.75 Å². The number of benzene rings is 2. The van der Waals surface area contributed by atoms with Gasteiger partial charge in [0.1, 0.15) is 28.5 Å². The summed E-state index contributed by atoms with van der Waals surface area (Å²) in [6, 6.07) is 11.5. The van der Waals surface area contributed by atoms with Crippen LogP contribution in [0.15, 0.2) is 42.5 Å². The predicted molar refractivity (Wildman–Crippen MR) is 82.2 cm³/mol. The number of ether oxygens (including phenoxy) is 1. The number of nitrogens with one attached hydrogen (secondary N) is 1. The summed E-state index contributed by atoms with van der Waals surface area (Å²) in [5, 5.41) is 3.10. The van der Waals surface area contributed by atoms with Gasteiger partial charge in [-0.15, -0.1) is 0 Å². The highest BCUT2D eigenvalue weighted by molar-refractivity contribution is 6.32. The summed E-state index contributed by atoms with van der Waals surface area (Å²) in [6.45, 7) is 1.71. The third kappa shape index (κ3) is 3.23. The quantitative estimate of drug-likeness (QED) is 0.845. The lowest BCUT2D eigenvalue weighted by molar-refractivity contribution is 0.143. The fraction of sp³-hybridized carbons (Fsp3) is 0.294. The Morgan fingerprint density at radius 3 is 2.64 bits per heavy atom. The van der Waals surface area contributed by atoms with Gasteiger partial charge in [0, 0.05) is 24.6 Å². The number of rotatable bonds is 4. The molecule has 2 atom stereocenters. The number of hydrogen-bond acceptors (Lipinski definition) is 2. The second kappa shape index (κ2) is 6.63. The lowest BCUT2D eigenvalue weighted by atomic mass is 9.95. The van der Waals surface area contributed by atoms with Crippen LogP contribution in [0.2, 0.25) is 5.02 Å². The molecular weight excluding hydrogens is 308 g/mol. The van der Waals surface area contributed by atoms with Crippen LogP contribution in [0.25, 0.3) is 0 Å². The summed E-state index contributed by atoms with van der Waals surface area (Å²) in [7, 11) is 0. The lowest BCUT2D eigenvalue weighted by Crippen LogP contribution is -2.21. The van der Waals surface area contributed by atoms with Crippen molar-refractivity contribution in [1.29, 1.82) is 0 Å². The third-order valence-corrected chi connectivity index (χ3v) is 4.24. The Balaban J connectivity index is 1.93. The van der Waals surface area contributed by atoms with E-state index in [1.54, 1.807) is 0 Å². The summed E-state index contributed by atoms with van der Waals surface area (Å²) in [5.74, 6) is -1.24. The molecule has 0 saturated carbocycles. The largest absolute Gasteiger partial charge is 0.484 e. The van der Waals surface area contributed by atoms with E-state index in [1.807, 2.05) is 30.3 Å². The molecule has 1 aliphatic rings. The standard InChI is InChI=1S/C17H16ClF2NO/c18-16-14(20)8-13(19)9-15(16)22-17(12-6-7-21-10-12)11-4-2-1-3-5-11/h1-5,8-9,12,17,21H,6-7,10H2/t12-,17?/m0/s1. The zero-order valence-corrected chi connectivity index (χ0v) is 12.6. The highest BCUT2D eigenvalue weighted by atomic mass is 35.5. The Kier molecular flexibility index (Phi) is 4.60. The Morgan fingerprint density at radius 2 is 1.95 bits per heavy atom. The van der Waals surface area contributed by atoms with Crippen LogP contribution in [-0.2, 0) is 0 Å². The molecule has 0 spiro atoms. The van der Waals surface area contributed by atoms with Crippen LogP contribution in [0.1, 0.15) is 18.1 Å². The van der Waals surface area contributed by atoms with E-state index in [2.05, 4.69) is 5.32 Å². The Morgan fingerprint density at radius 1 is 1.18 bits per heavy atom. The van der Waals surface area contributed by atoms with Gasteiger partial charge in [0.2, 0.25) is 0 Å². The first-order chi connectivity index (χ1) is 10.6. The fourth-order valence-corrected chi connectivity index (χ4v) is 2.92. The number of halogens is 3. The van der Waals surface area contributed by atoms with Gasteiger partial charge >= 0.3 is 0 Å². The maximum Gasteiger partial charge on any atom is 0.148 e. The molecule has 116 valence electrons. The summed E-state index contributed by atoms with van der Waals surface area (Å²) < 4.78 is 33.0. The monoisotopic (exact) mass is 323 g/mol. The third-order valence-electron chi connectivity index (χ3n) is 3.87. The van der Waals surface area contributed by atoms with E-state index in [0.29, 0.717) is 0 Å². The van der Waals surface area contributed by atoms with Crippen molar-refractivity contribution in [2.75, 3.05) is 13.1 Å². The van der Waals surface area contributed by atoms with Gasteiger partial charge in [-0.05, 0) is 18.5 Å². The summed E-state index contributed by atoms with van der Waals surface area (Å²) in [4.78, 5) is 0. The van der Waals surface area contributed by atoms with E-state index in [9.17, 15) is 8.78 Å². The molecule has 0 amide bonds. The molecule has 3 rings (SSSR count). The first kappa shape index (κ1) is 15.3. The maximum atomic E-state index is 13.6. The van der Waals surface area contributed by atoms with E-state index >= 15 is 0 Å². The smallest absolute Gasteiger partial charge is 0.148 e. The van der Waals surface area contributed by atoms with Gasteiger partial charge in [0.25, 0.3) is 0 Å². The molecule has 2 nitrogen and oxygen atoms in total. The predicted octanol–water partition coefficient (Wildman–Crippen LogP) is 4.35. The molecule has 0 radical (unpaired) electrons. The van der Waals surface area contributed by atoms with Gasteiger partial charge in [-0.2, -0.15) is 0 Å². The topological polar surface area (TPSA) is 21.3 Å². The van der Waals surface area contributed by atoms with Crippen LogP contribution in [0, 0.1) is 17.6 Å². The van der Waals surface area contributed by atoms with Crippen LogP contribution < -0.4 is 10.1 Å². The van der Waals surface area contributed by atoms with E-state index in [-0.39, 0.29) is 22.8 Å². The van der Waals surface area contributed by atoms with Crippen LogP contribution >= 0.6 is 11.6 Å². The van der Waals surface area contributed by atoms with Gasteiger partial charge in [-0.25, -0.2) is 8.78 Å². The van der Waals surface area contributed by atoms with Crippen molar-refractivity contribution in [3.8, 4) is 5.75 Å². The van der Waals surface area contributed by atoms with E-state index < -0.39 is 11.6 Å². The van der Waals surface area contributed by atoms with Crippen LogP contribution in [0.3, 0.4) is 0 Å². The summed E-state index contributed by atoms with van der Waals surface area (Å²) in [5.41, 5.74) is 0.969. The van der Waals surface area contributed by atoms with Crippen LogP contribution in [-0.4, -0.2) is 13.1 Å². The molecule has 0 aliphatic carbocycles. The van der Waals surface area contributed by atoms with E-state index in [1.165, 1.54) is 0 Å². The molecule has 0 aromatic heterocycles. The normalized spacial score (nSPS) is 19.1. The molecule has 1 N–H and O–H groups in total. The summed E-state index contributed by atoms with van der Waals surface area (Å²) in [6.07, 6.45) is 0.643. The highest BCUT2D eigenvalue weighted by Gasteiger charge is 2.29. The van der Waals surface area contributed by atoms with Crippen molar-refractivity contribution < 1.29 is 13.5 Å². The van der Waals surface area contributed by atoms with Gasteiger partial charge in [0.05, 0.1) is 0 Å². The van der Waals surface area contributed by atoms with Gasteiger partial charge < -0.3 is 10.1 Å². The van der Waals surface area contributed by atoms with Crippen molar-refractivity contribution in [3.63, 3.8) is 0 Å². The molecule has 1 unspecified atom stereocenters. The lowest BCUT2D eigenvalue weighted by Gasteiger charge is -2.25. The average molecular weight is 324 g/mol. The molecule has 0 bridgehead atoms. The van der Waals surface area contributed by atoms with Crippen molar-refractivity contribution in [1.82, 2.24) is 5.32 Å². The Hall–Kier alpha value is -1.65. The highest BCUT2D eigenvalue weighted by Crippen LogP contribution is 2.36. The zero-order valence-electron chi connectivity index (χ0n) is 11.9. The molecule has 22 heavy (non-hydrogen) atoms. The van der Waals surface area contributed by atoms with Crippen molar-refractivity contribution >= 4 is 11.6 Å². The van der Waals surface area contributed by atoms with Crippen molar-refractivity contribution in [2.45, 2.75) is 12.5 Å². The fourth-order valence-electron chi connectivity index (χ4n) is 2.77. The van der Waals surface area contributed by atoms with Gasteiger partial charge in [-0.1, -0.05) is 41.9 Å². The minimum atomic E-state index is -0.812. The summed E-state index contributed by atoms with van der Waals surface area (Å²) >= 11 is 5.92. The van der Waals surface area contributed by atoms with Crippen LogP contribution in [0.4, 0.5) is 8.78 Å². The second-order valence-corrected chi connectivity index (χ2v) is 5.78. The minimum absolute atomic E-state index is 0.0416. The maximum absolute atomic E-state index is 13.6. The molecule has 1 saturated heterocycles. The second-order valence-electron chi connectivity index (χ2n) is 5.40. The molecule has 1 fully saturated rings. The Labute approximate surface area is 133 Å². The average Bonchev–Trinajstić information content (AvgIpc) is 3.04. The van der Waals surface area contributed by atoms with E-state index in [0.717, 1.165) is 37.2 Å². The van der Waals surface area contributed by atoms with Crippen molar-refractivity contribution in [3.05, 3.63) is 64.7 Å². The zero-order chi connectivity index (χ0) is 15.5. The first-order valence-electron chi connectivity index (χ1n) is 7.22. The molecule has 2 aromatic rings. The molecule has 1 aliphatic heterocycles. The van der Waals surface area contributed by atoms with E-state index in [4.69, 9.17) is 16.3 Å². The van der Waals surface area contributed by atoms with Gasteiger partial charge in [0.15, 0.2) is 0 Å². The molecule has 5 heteroatoms. The van der Waals surface area contributed by atoms with Crippen molar-refractivity contribution in [2.24, 2.45) is 5.92 Å². The SMILES string of the molecule is Fc1cc(F)c(Cl)c(OC(c2ccccc2)[C@H]2CCNC2)c1. The molecule has 2 aromatic carbocycles. The van der Waals surface area contributed by atoms with Gasteiger partial charge in [-0.3, -0.25) is 0 Å². The number of hydrogen-bond donors (Lipinski definition) is 1.